The minimum Gasteiger partial charge on any atom is -0.496 e. The predicted molar refractivity (Wildman–Crippen MR) is 95.3 cm³/mol. The van der Waals surface area contributed by atoms with Gasteiger partial charge in [0.1, 0.15) is 5.75 Å². The highest BCUT2D eigenvalue weighted by Crippen LogP contribution is 2.57. The lowest BCUT2D eigenvalue weighted by molar-refractivity contribution is -0.142. The Morgan fingerprint density at radius 1 is 0.960 bits per heavy atom. The maximum absolute atomic E-state index is 10.9. The highest BCUT2D eigenvalue weighted by atomic mass is 16.5. The van der Waals surface area contributed by atoms with Crippen LogP contribution in [0.4, 0.5) is 0 Å². The van der Waals surface area contributed by atoms with E-state index in [1.807, 2.05) is 12.1 Å². The number of methoxy groups -OCH3 is 3. The van der Waals surface area contributed by atoms with Crippen molar-refractivity contribution < 1.29 is 19.3 Å². The van der Waals surface area contributed by atoms with Crippen molar-refractivity contribution in [3.05, 3.63) is 17.7 Å². The Bertz CT molecular complexity index is 645. The molecular formula is C20H29NO4. The molecule has 4 aliphatic carbocycles. The molecular weight excluding hydrogens is 318 g/mol. The van der Waals surface area contributed by atoms with Crippen LogP contribution in [0.2, 0.25) is 0 Å². The number of ether oxygens (including phenoxy) is 3. The fourth-order valence-corrected chi connectivity index (χ4v) is 5.93. The summed E-state index contributed by atoms with van der Waals surface area (Å²) in [5.74, 6) is 3.53. The first-order chi connectivity index (χ1) is 12.0. The van der Waals surface area contributed by atoms with Crippen LogP contribution in [0.15, 0.2) is 12.1 Å². The standard InChI is InChI=1S/C20H29NO4/c1-23-16-6-18(25-3)17(24-2)5-15(16)11-21-19-7-13-4-14(8-19)10-20(22,9-13)12-19/h5-6,13-14,21-22H,4,7-12H2,1-3H3. The zero-order valence-corrected chi connectivity index (χ0v) is 15.4. The quantitative estimate of drug-likeness (QED) is 0.829. The number of nitrogens with one attached hydrogen (secondary N) is 1. The molecule has 4 bridgehead atoms. The van der Waals surface area contributed by atoms with Gasteiger partial charge < -0.3 is 24.6 Å². The summed E-state index contributed by atoms with van der Waals surface area (Å²) in [5.41, 5.74) is 0.679. The van der Waals surface area contributed by atoms with Crippen LogP contribution in [0.3, 0.4) is 0 Å². The lowest BCUT2D eigenvalue weighted by atomic mass is 9.51. The van der Waals surface area contributed by atoms with E-state index in [4.69, 9.17) is 14.2 Å². The number of hydrogen-bond donors (Lipinski definition) is 2. The van der Waals surface area contributed by atoms with Gasteiger partial charge in [-0.3, -0.25) is 0 Å². The molecule has 5 nitrogen and oxygen atoms in total. The Kier molecular flexibility index (Phi) is 4.12. The van der Waals surface area contributed by atoms with Crippen molar-refractivity contribution >= 4 is 0 Å². The number of aliphatic hydroxyl groups is 1. The van der Waals surface area contributed by atoms with Gasteiger partial charge in [-0.15, -0.1) is 0 Å². The average molecular weight is 347 g/mol. The first-order valence-electron chi connectivity index (χ1n) is 9.24. The molecule has 0 aliphatic heterocycles. The largest absolute Gasteiger partial charge is 0.496 e. The second kappa shape index (κ2) is 6.06. The van der Waals surface area contributed by atoms with Gasteiger partial charge in [0.2, 0.25) is 0 Å². The summed E-state index contributed by atoms with van der Waals surface area (Å²) in [5, 5.41) is 14.7. The summed E-state index contributed by atoms with van der Waals surface area (Å²) in [7, 11) is 4.96. The van der Waals surface area contributed by atoms with E-state index in [0.717, 1.165) is 30.6 Å². The van der Waals surface area contributed by atoms with E-state index in [0.29, 0.717) is 29.9 Å². The molecule has 4 saturated carbocycles. The van der Waals surface area contributed by atoms with Crippen LogP contribution in [0.25, 0.3) is 0 Å². The van der Waals surface area contributed by atoms with Gasteiger partial charge in [0, 0.05) is 23.7 Å². The Morgan fingerprint density at radius 3 is 2.12 bits per heavy atom. The predicted octanol–water partition coefficient (Wildman–Crippen LogP) is 2.89. The van der Waals surface area contributed by atoms with Crippen molar-refractivity contribution in [2.24, 2.45) is 11.8 Å². The molecule has 0 amide bonds. The van der Waals surface area contributed by atoms with Gasteiger partial charge in [-0.2, -0.15) is 0 Å². The molecule has 25 heavy (non-hydrogen) atoms. The van der Waals surface area contributed by atoms with E-state index in [1.165, 1.54) is 19.3 Å². The second-order valence-corrected chi connectivity index (χ2v) is 8.34. The first-order valence-corrected chi connectivity index (χ1v) is 9.24. The summed E-state index contributed by atoms with van der Waals surface area (Å²) in [4.78, 5) is 0. The molecule has 4 aliphatic rings. The molecule has 4 fully saturated rings. The van der Waals surface area contributed by atoms with E-state index in [9.17, 15) is 5.11 Å². The maximum atomic E-state index is 10.9. The number of rotatable bonds is 6. The van der Waals surface area contributed by atoms with E-state index in [1.54, 1.807) is 21.3 Å². The lowest BCUT2D eigenvalue weighted by Crippen LogP contribution is -2.64. The molecule has 0 radical (unpaired) electrons. The van der Waals surface area contributed by atoms with Crippen molar-refractivity contribution in [1.82, 2.24) is 5.32 Å². The van der Waals surface area contributed by atoms with Crippen LogP contribution in [0.5, 0.6) is 17.2 Å². The Labute approximate surface area is 149 Å². The third kappa shape index (κ3) is 2.97. The summed E-state index contributed by atoms with van der Waals surface area (Å²) >= 11 is 0. The van der Waals surface area contributed by atoms with Crippen LogP contribution < -0.4 is 19.5 Å². The van der Waals surface area contributed by atoms with Crippen molar-refractivity contribution in [3.63, 3.8) is 0 Å². The highest BCUT2D eigenvalue weighted by Gasteiger charge is 2.56. The van der Waals surface area contributed by atoms with E-state index < -0.39 is 5.60 Å². The van der Waals surface area contributed by atoms with Gasteiger partial charge in [-0.25, -0.2) is 0 Å². The third-order valence-electron chi connectivity index (χ3n) is 6.47. The van der Waals surface area contributed by atoms with Crippen molar-refractivity contribution in [2.75, 3.05) is 21.3 Å². The van der Waals surface area contributed by atoms with Crippen LogP contribution in [-0.2, 0) is 6.54 Å². The summed E-state index contributed by atoms with van der Waals surface area (Å²) < 4.78 is 16.4. The normalized spacial score (nSPS) is 35.7. The molecule has 2 N–H and O–H groups in total. The minimum absolute atomic E-state index is 0.0665. The summed E-state index contributed by atoms with van der Waals surface area (Å²) in [6.45, 7) is 0.707. The summed E-state index contributed by atoms with van der Waals surface area (Å²) in [6.07, 6.45) is 6.52. The smallest absolute Gasteiger partial charge is 0.164 e. The number of benzene rings is 1. The second-order valence-electron chi connectivity index (χ2n) is 8.34. The molecule has 0 aromatic heterocycles. The monoisotopic (exact) mass is 347 g/mol. The zero-order valence-electron chi connectivity index (χ0n) is 15.4. The average Bonchev–Trinajstić information content (AvgIpc) is 2.57. The van der Waals surface area contributed by atoms with Crippen LogP contribution in [0.1, 0.15) is 44.1 Å². The molecule has 1 aromatic carbocycles. The van der Waals surface area contributed by atoms with Gasteiger partial charge in [-0.1, -0.05) is 0 Å². The Hall–Kier alpha value is -1.46. The molecule has 0 heterocycles. The van der Waals surface area contributed by atoms with Crippen molar-refractivity contribution in [2.45, 2.75) is 56.2 Å². The first kappa shape index (κ1) is 17.0. The van der Waals surface area contributed by atoms with Crippen molar-refractivity contribution in [3.8, 4) is 17.2 Å². The Balaban J connectivity index is 1.55. The highest BCUT2D eigenvalue weighted by molar-refractivity contribution is 5.50. The fourth-order valence-electron chi connectivity index (χ4n) is 5.93. The molecule has 0 saturated heterocycles. The molecule has 1 aromatic rings. The molecule has 5 rings (SSSR count). The molecule has 5 heteroatoms. The third-order valence-corrected chi connectivity index (χ3v) is 6.47. The molecule has 138 valence electrons. The van der Waals surface area contributed by atoms with Crippen LogP contribution >= 0.6 is 0 Å². The van der Waals surface area contributed by atoms with E-state index in [2.05, 4.69) is 5.32 Å². The van der Waals surface area contributed by atoms with Crippen molar-refractivity contribution in [1.29, 1.82) is 0 Å². The molecule has 2 unspecified atom stereocenters. The van der Waals surface area contributed by atoms with Gasteiger partial charge in [-0.05, 0) is 56.4 Å². The van der Waals surface area contributed by atoms with E-state index >= 15 is 0 Å². The van der Waals surface area contributed by atoms with E-state index in [-0.39, 0.29) is 5.54 Å². The van der Waals surface area contributed by atoms with Gasteiger partial charge in [0.25, 0.3) is 0 Å². The SMILES string of the molecule is COc1cc(OC)c(OC)cc1CNC12CC3CC(CC(O)(C3)C1)C2. The number of hydrogen-bond acceptors (Lipinski definition) is 5. The summed E-state index contributed by atoms with van der Waals surface area (Å²) in [6, 6.07) is 3.86. The van der Waals surface area contributed by atoms with Gasteiger partial charge >= 0.3 is 0 Å². The lowest BCUT2D eigenvalue weighted by Gasteiger charge is -2.60. The minimum atomic E-state index is -0.446. The molecule has 2 atom stereocenters. The molecule has 0 spiro atoms. The van der Waals surface area contributed by atoms with Crippen LogP contribution in [0, 0.1) is 11.8 Å². The maximum Gasteiger partial charge on any atom is 0.164 e. The zero-order chi connectivity index (χ0) is 17.7. The fraction of sp³-hybridized carbons (Fsp3) is 0.700. The van der Waals surface area contributed by atoms with Gasteiger partial charge in [0.15, 0.2) is 11.5 Å². The topological polar surface area (TPSA) is 60.0 Å². The Morgan fingerprint density at radius 2 is 1.56 bits per heavy atom. The van der Waals surface area contributed by atoms with Gasteiger partial charge in [0.05, 0.1) is 26.9 Å². The van der Waals surface area contributed by atoms with Crippen LogP contribution in [-0.4, -0.2) is 37.6 Å².